The van der Waals surface area contributed by atoms with Crippen molar-refractivity contribution >= 4 is 5.91 Å². The van der Waals surface area contributed by atoms with Crippen molar-refractivity contribution in [2.75, 3.05) is 26.7 Å². The van der Waals surface area contributed by atoms with Crippen LogP contribution in [0.2, 0.25) is 0 Å². The highest BCUT2D eigenvalue weighted by atomic mass is 16.5. The summed E-state index contributed by atoms with van der Waals surface area (Å²) in [6.07, 6.45) is 4.49. The third-order valence-electron chi connectivity index (χ3n) is 5.39. The van der Waals surface area contributed by atoms with Gasteiger partial charge in [0.1, 0.15) is 5.75 Å². The summed E-state index contributed by atoms with van der Waals surface area (Å²) in [4.78, 5) is 19.2. The first-order valence-electron chi connectivity index (χ1n) is 10.5. The number of amides is 1. The predicted molar refractivity (Wildman–Crippen MR) is 111 cm³/mol. The second-order valence-electron chi connectivity index (χ2n) is 7.89. The number of nitrogens with zero attached hydrogens (tertiary/aromatic N) is 3. The Hall–Kier alpha value is -2.41. The second kappa shape index (κ2) is 10.4. The Kier molecular flexibility index (Phi) is 7.63. The number of aryl methyl sites for hydroxylation is 1. The molecule has 7 nitrogen and oxygen atoms in total. The first-order chi connectivity index (χ1) is 14.1. The molecule has 1 N–H and O–H groups in total. The number of carbonyl (C=O) groups excluding carboxylic acids is 1. The minimum absolute atomic E-state index is 0.00446. The maximum atomic E-state index is 12.4. The summed E-state index contributed by atoms with van der Waals surface area (Å²) in [7, 11) is 1.67. The highest BCUT2D eigenvalue weighted by Crippen LogP contribution is 2.26. The van der Waals surface area contributed by atoms with Gasteiger partial charge in [0.25, 0.3) is 0 Å². The Bertz CT molecular complexity index is 767. The average Bonchev–Trinajstić information content (AvgIpc) is 3.23. The Labute approximate surface area is 172 Å². The molecule has 3 rings (SSSR count). The smallest absolute Gasteiger partial charge is 0.227 e. The Morgan fingerprint density at radius 3 is 2.55 bits per heavy atom. The van der Waals surface area contributed by atoms with E-state index in [1.54, 1.807) is 7.11 Å². The van der Waals surface area contributed by atoms with E-state index >= 15 is 0 Å². The molecule has 1 unspecified atom stereocenters. The molecule has 158 valence electrons. The molecule has 0 aliphatic carbocycles. The fourth-order valence-corrected chi connectivity index (χ4v) is 3.64. The second-order valence-corrected chi connectivity index (χ2v) is 7.89. The van der Waals surface area contributed by atoms with Gasteiger partial charge in [0.05, 0.1) is 13.2 Å². The van der Waals surface area contributed by atoms with Crippen molar-refractivity contribution in [1.29, 1.82) is 0 Å². The number of hydrogen-bond acceptors (Lipinski definition) is 6. The number of benzene rings is 1. The van der Waals surface area contributed by atoms with E-state index in [1.165, 1.54) is 24.8 Å². The van der Waals surface area contributed by atoms with Gasteiger partial charge < -0.3 is 14.6 Å². The summed E-state index contributed by atoms with van der Waals surface area (Å²) >= 11 is 0. The van der Waals surface area contributed by atoms with Gasteiger partial charge in [-0.05, 0) is 43.6 Å². The molecular weight excluding hydrogens is 368 g/mol. The quantitative estimate of drug-likeness (QED) is 0.694. The Morgan fingerprint density at radius 1 is 1.21 bits per heavy atom. The maximum absolute atomic E-state index is 12.4. The zero-order chi connectivity index (χ0) is 20.6. The van der Waals surface area contributed by atoms with Crippen LogP contribution in [0.3, 0.4) is 0 Å². The number of aromatic nitrogens is 2. The summed E-state index contributed by atoms with van der Waals surface area (Å²) in [5, 5.41) is 7.05. The average molecular weight is 401 g/mol. The SMILES string of the molecule is COc1ccc(C(CNC(=O)CCc2nc(C(C)C)no2)N2CCCCC2)cc1. The highest BCUT2D eigenvalue weighted by Gasteiger charge is 2.23. The lowest BCUT2D eigenvalue weighted by molar-refractivity contribution is -0.121. The topological polar surface area (TPSA) is 80.5 Å². The minimum atomic E-state index is 0.00446. The van der Waals surface area contributed by atoms with E-state index in [0.717, 1.165) is 18.8 Å². The standard InChI is InChI=1S/C22H32N4O3/c1-16(2)22-24-21(29-25-22)12-11-20(27)23-15-19(26-13-5-4-6-14-26)17-7-9-18(28-3)10-8-17/h7-10,16,19H,4-6,11-15H2,1-3H3,(H,23,27). The van der Waals surface area contributed by atoms with E-state index in [1.807, 2.05) is 26.0 Å². The van der Waals surface area contributed by atoms with Gasteiger partial charge >= 0.3 is 0 Å². The van der Waals surface area contributed by atoms with Crippen LogP contribution in [-0.4, -0.2) is 47.7 Å². The van der Waals surface area contributed by atoms with Gasteiger partial charge in [-0.1, -0.05) is 37.6 Å². The van der Waals surface area contributed by atoms with Crippen molar-refractivity contribution in [3.05, 3.63) is 41.5 Å². The van der Waals surface area contributed by atoms with E-state index in [0.29, 0.717) is 31.1 Å². The molecule has 0 spiro atoms. The molecule has 1 aromatic heterocycles. The lowest BCUT2D eigenvalue weighted by Crippen LogP contribution is -2.40. The molecule has 0 saturated carbocycles. The van der Waals surface area contributed by atoms with Crippen molar-refractivity contribution in [3.8, 4) is 5.75 Å². The van der Waals surface area contributed by atoms with Crippen LogP contribution in [0.15, 0.2) is 28.8 Å². The molecule has 1 atom stereocenters. The normalized spacial score (nSPS) is 16.0. The molecule has 7 heteroatoms. The number of methoxy groups -OCH3 is 1. The summed E-state index contributed by atoms with van der Waals surface area (Å²) in [6, 6.07) is 8.32. The van der Waals surface area contributed by atoms with E-state index in [2.05, 4.69) is 32.5 Å². The monoisotopic (exact) mass is 400 g/mol. The van der Waals surface area contributed by atoms with E-state index in [4.69, 9.17) is 9.26 Å². The third-order valence-corrected chi connectivity index (χ3v) is 5.39. The van der Waals surface area contributed by atoms with Crippen LogP contribution < -0.4 is 10.1 Å². The number of likely N-dealkylation sites (tertiary alicyclic amines) is 1. The molecule has 1 saturated heterocycles. The van der Waals surface area contributed by atoms with Crippen molar-refractivity contribution in [1.82, 2.24) is 20.4 Å². The molecular formula is C22H32N4O3. The van der Waals surface area contributed by atoms with Crippen LogP contribution in [0.25, 0.3) is 0 Å². The number of nitrogens with one attached hydrogen (secondary N) is 1. The first kappa shape index (κ1) is 21.3. The third kappa shape index (κ3) is 6.03. The van der Waals surface area contributed by atoms with E-state index < -0.39 is 0 Å². The lowest BCUT2D eigenvalue weighted by Gasteiger charge is -2.35. The van der Waals surface area contributed by atoms with Crippen molar-refractivity contribution in [3.63, 3.8) is 0 Å². The number of rotatable bonds is 9. The Balaban J connectivity index is 1.57. The van der Waals surface area contributed by atoms with Gasteiger partial charge in [-0.3, -0.25) is 9.69 Å². The molecule has 2 aromatic rings. The van der Waals surface area contributed by atoms with Gasteiger partial charge in [0.2, 0.25) is 11.8 Å². The number of carbonyl (C=O) groups is 1. The summed E-state index contributed by atoms with van der Waals surface area (Å²) in [5.74, 6) is 2.27. The van der Waals surface area contributed by atoms with Gasteiger partial charge in [0.15, 0.2) is 5.82 Å². The summed E-state index contributed by atoms with van der Waals surface area (Å²) in [6.45, 7) is 6.74. The highest BCUT2D eigenvalue weighted by molar-refractivity contribution is 5.76. The zero-order valence-electron chi connectivity index (χ0n) is 17.7. The summed E-state index contributed by atoms with van der Waals surface area (Å²) in [5.41, 5.74) is 1.20. The van der Waals surface area contributed by atoms with E-state index in [-0.39, 0.29) is 17.9 Å². The largest absolute Gasteiger partial charge is 0.497 e. The summed E-state index contributed by atoms with van der Waals surface area (Å²) < 4.78 is 10.5. The van der Waals surface area contributed by atoms with Crippen LogP contribution in [0, 0.1) is 0 Å². The number of piperidine rings is 1. The minimum Gasteiger partial charge on any atom is -0.497 e. The molecule has 1 aliphatic heterocycles. The van der Waals surface area contributed by atoms with Gasteiger partial charge in [0, 0.05) is 25.3 Å². The maximum Gasteiger partial charge on any atom is 0.227 e. The predicted octanol–water partition coefficient (Wildman–Crippen LogP) is 3.48. The van der Waals surface area contributed by atoms with Crippen LogP contribution >= 0.6 is 0 Å². The van der Waals surface area contributed by atoms with Crippen molar-refractivity contribution < 1.29 is 14.1 Å². The molecule has 2 heterocycles. The number of hydrogen-bond donors (Lipinski definition) is 1. The fourth-order valence-electron chi connectivity index (χ4n) is 3.64. The molecule has 0 radical (unpaired) electrons. The Morgan fingerprint density at radius 2 is 1.93 bits per heavy atom. The van der Waals surface area contributed by atoms with Crippen molar-refractivity contribution in [2.24, 2.45) is 0 Å². The van der Waals surface area contributed by atoms with E-state index in [9.17, 15) is 4.79 Å². The van der Waals surface area contributed by atoms with Crippen LogP contribution in [0.1, 0.15) is 68.8 Å². The number of ether oxygens (including phenoxy) is 1. The molecule has 0 bridgehead atoms. The molecule has 1 aromatic carbocycles. The van der Waals surface area contributed by atoms with Gasteiger partial charge in [-0.25, -0.2) is 0 Å². The molecule has 1 amide bonds. The zero-order valence-corrected chi connectivity index (χ0v) is 17.7. The van der Waals surface area contributed by atoms with Gasteiger partial charge in [-0.15, -0.1) is 0 Å². The van der Waals surface area contributed by atoms with Gasteiger partial charge in [-0.2, -0.15) is 4.98 Å². The van der Waals surface area contributed by atoms with Crippen molar-refractivity contribution in [2.45, 2.75) is 57.9 Å². The molecule has 1 fully saturated rings. The van der Waals surface area contributed by atoms with Crippen LogP contribution in [0.4, 0.5) is 0 Å². The molecule has 1 aliphatic rings. The lowest BCUT2D eigenvalue weighted by atomic mass is 10.0. The fraction of sp³-hybridized carbons (Fsp3) is 0.591. The molecule has 29 heavy (non-hydrogen) atoms. The van der Waals surface area contributed by atoms with Crippen LogP contribution in [0.5, 0.6) is 5.75 Å². The first-order valence-corrected chi connectivity index (χ1v) is 10.5. The van der Waals surface area contributed by atoms with Crippen LogP contribution in [-0.2, 0) is 11.2 Å².